The van der Waals surface area contributed by atoms with Gasteiger partial charge in [0.25, 0.3) is 0 Å². The fourth-order valence-electron chi connectivity index (χ4n) is 1.80. The van der Waals surface area contributed by atoms with Gasteiger partial charge >= 0.3 is 0 Å². The van der Waals surface area contributed by atoms with E-state index in [0.717, 1.165) is 4.47 Å². The Labute approximate surface area is 87.9 Å². The van der Waals surface area contributed by atoms with Crippen LogP contribution in [0.25, 0.3) is 0 Å². The Balaban J connectivity index is 2.10. The van der Waals surface area contributed by atoms with Gasteiger partial charge in [0, 0.05) is 23.2 Å². The van der Waals surface area contributed by atoms with E-state index in [2.05, 4.69) is 45.1 Å². The van der Waals surface area contributed by atoms with Gasteiger partial charge in [0.2, 0.25) is 0 Å². The molecule has 70 valence electrons. The van der Waals surface area contributed by atoms with Crippen LogP contribution in [0.5, 0.6) is 0 Å². The van der Waals surface area contributed by atoms with Gasteiger partial charge in [-0.1, -0.05) is 15.9 Å². The lowest BCUT2D eigenvalue weighted by Crippen LogP contribution is -2.29. The van der Waals surface area contributed by atoms with Crippen LogP contribution in [0.3, 0.4) is 0 Å². The Morgan fingerprint density at radius 2 is 1.54 bits per heavy atom. The normalized spacial score (nSPS) is 17.5. The summed E-state index contributed by atoms with van der Waals surface area (Å²) in [7, 11) is 0. The fraction of sp³-hybridized carbons (Fsp3) is 0.455. The van der Waals surface area contributed by atoms with E-state index in [1.54, 1.807) is 0 Å². The van der Waals surface area contributed by atoms with Crippen LogP contribution in [-0.4, -0.2) is 13.1 Å². The highest BCUT2D eigenvalue weighted by molar-refractivity contribution is 9.10. The summed E-state index contributed by atoms with van der Waals surface area (Å²) >= 11 is 3.45. The molecule has 0 radical (unpaired) electrons. The van der Waals surface area contributed by atoms with E-state index in [1.165, 1.54) is 38.0 Å². The molecule has 1 aliphatic rings. The van der Waals surface area contributed by atoms with Gasteiger partial charge in [0.05, 0.1) is 0 Å². The topological polar surface area (TPSA) is 3.24 Å². The quantitative estimate of drug-likeness (QED) is 0.726. The number of rotatable bonds is 1. The van der Waals surface area contributed by atoms with Crippen molar-refractivity contribution in [2.75, 3.05) is 18.0 Å². The molecule has 13 heavy (non-hydrogen) atoms. The lowest BCUT2D eigenvalue weighted by atomic mass is 10.1. The first-order chi connectivity index (χ1) is 6.36. The summed E-state index contributed by atoms with van der Waals surface area (Å²) in [5.74, 6) is 0. The van der Waals surface area contributed by atoms with E-state index in [-0.39, 0.29) is 0 Å². The SMILES string of the molecule is Brc1ccc(N2CCCCC2)cc1. The molecule has 1 aromatic carbocycles. The van der Waals surface area contributed by atoms with Gasteiger partial charge in [-0.05, 0) is 43.5 Å². The molecule has 0 aromatic heterocycles. The molecule has 1 aliphatic heterocycles. The van der Waals surface area contributed by atoms with Gasteiger partial charge in [0.15, 0.2) is 0 Å². The van der Waals surface area contributed by atoms with Gasteiger partial charge in [-0.3, -0.25) is 0 Å². The van der Waals surface area contributed by atoms with Crippen molar-refractivity contribution in [1.29, 1.82) is 0 Å². The Hall–Kier alpha value is -0.500. The highest BCUT2D eigenvalue weighted by Gasteiger charge is 2.09. The van der Waals surface area contributed by atoms with Gasteiger partial charge in [-0.25, -0.2) is 0 Å². The van der Waals surface area contributed by atoms with Gasteiger partial charge in [0.1, 0.15) is 0 Å². The van der Waals surface area contributed by atoms with Gasteiger partial charge in [-0.15, -0.1) is 0 Å². The smallest absolute Gasteiger partial charge is 0.0366 e. The maximum absolute atomic E-state index is 3.45. The maximum atomic E-state index is 3.45. The molecule has 0 saturated carbocycles. The first kappa shape index (κ1) is 9.07. The third kappa shape index (κ3) is 2.25. The standard InChI is InChI=1S/C11H14BrN/c12-10-4-6-11(7-5-10)13-8-2-1-3-9-13/h4-7H,1-3,8-9H2. The molecule has 0 atom stereocenters. The number of anilines is 1. The summed E-state index contributed by atoms with van der Waals surface area (Å²) in [5.41, 5.74) is 1.36. The average Bonchev–Trinajstić information content (AvgIpc) is 2.20. The zero-order valence-corrected chi connectivity index (χ0v) is 9.26. The second kappa shape index (κ2) is 4.14. The Morgan fingerprint density at radius 1 is 0.923 bits per heavy atom. The molecule has 1 aromatic rings. The minimum atomic E-state index is 1.16. The second-order valence-electron chi connectivity index (χ2n) is 3.52. The molecule has 0 N–H and O–H groups in total. The molecule has 2 rings (SSSR count). The second-order valence-corrected chi connectivity index (χ2v) is 4.44. The minimum absolute atomic E-state index is 1.16. The van der Waals surface area contributed by atoms with Gasteiger partial charge < -0.3 is 4.90 Å². The predicted octanol–water partition coefficient (Wildman–Crippen LogP) is 3.44. The zero-order valence-electron chi connectivity index (χ0n) is 7.67. The molecule has 0 bridgehead atoms. The van der Waals surface area contributed by atoms with Crippen molar-refractivity contribution in [2.45, 2.75) is 19.3 Å². The minimum Gasteiger partial charge on any atom is -0.372 e. The van der Waals surface area contributed by atoms with E-state index in [4.69, 9.17) is 0 Å². The molecule has 0 amide bonds. The van der Waals surface area contributed by atoms with Crippen LogP contribution in [0, 0.1) is 0 Å². The summed E-state index contributed by atoms with van der Waals surface area (Å²) < 4.78 is 1.16. The van der Waals surface area contributed by atoms with Crippen LogP contribution in [0.2, 0.25) is 0 Å². The third-order valence-electron chi connectivity index (χ3n) is 2.55. The number of piperidine rings is 1. The predicted molar refractivity (Wildman–Crippen MR) is 60.2 cm³/mol. The molecule has 0 aliphatic carbocycles. The lowest BCUT2D eigenvalue weighted by molar-refractivity contribution is 0.578. The zero-order chi connectivity index (χ0) is 9.10. The number of benzene rings is 1. The van der Waals surface area contributed by atoms with Crippen molar-refractivity contribution in [3.63, 3.8) is 0 Å². The summed E-state index contributed by atoms with van der Waals surface area (Å²) in [6.45, 7) is 2.45. The number of hydrogen-bond acceptors (Lipinski definition) is 1. The monoisotopic (exact) mass is 239 g/mol. The van der Waals surface area contributed by atoms with Crippen molar-refractivity contribution in [3.05, 3.63) is 28.7 Å². The van der Waals surface area contributed by atoms with E-state index in [9.17, 15) is 0 Å². The lowest BCUT2D eigenvalue weighted by Gasteiger charge is -2.28. The van der Waals surface area contributed by atoms with Crippen LogP contribution < -0.4 is 4.90 Å². The van der Waals surface area contributed by atoms with Crippen LogP contribution in [0.4, 0.5) is 5.69 Å². The Bertz CT molecular complexity index is 262. The molecule has 2 heteroatoms. The molecule has 1 saturated heterocycles. The van der Waals surface area contributed by atoms with Crippen molar-refractivity contribution in [2.24, 2.45) is 0 Å². The molecular weight excluding hydrogens is 226 g/mol. The molecule has 1 fully saturated rings. The van der Waals surface area contributed by atoms with Crippen LogP contribution >= 0.6 is 15.9 Å². The first-order valence-corrected chi connectivity index (χ1v) is 5.66. The Morgan fingerprint density at radius 3 is 2.15 bits per heavy atom. The average molecular weight is 240 g/mol. The number of nitrogens with zero attached hydrogens (tertiary/aromatic N) is 1. The van der Waals surface area contributed by atoms with E-state index >= 15 is 0 Å². The third-order valence-corrected chi connectivity index (χ3v) is 3.08. The summed E-state index contributed by atoms with van der Waals surface area (Å²) in [6, 6.07) is 8.61. The fourth-order valence-corrected chi connectivity index (χ4v) is 2.07. The van der Waals surface area contributed by atoms with Crippen molar-refractivity contribution in [3.8, 4) is 0 Å². The summed E-state index contributed by atoms with van der Waals surface area (Å²) in [5, 5.41) is 0. The van der Waals surface area contributed by atoms with Crippen molar-refractivity contribution in [1.82, 2.24) is 0 Å². The molecule has 0 spiro atoms. The highest BCUT2D eigenvalue weighted by atomic mass is 79.9. The number of hydrogen-bond donors (Lipinski definition) is 0. The van der Waals surface area contributed by atoms with Crippen LogP contribution in [0.15, 0.2) is 28.7 Å². The van der Waals surface area contributed by atoms with Crippen molar-refractivity contribution < 1.29 is 0 Å². The van der Waals surface area contributed by atoms with Crippen molar-refractivity contribution >= 4 is 21.6 Å². The maximum Gasteiger partial charge on any atom is 0.0366 e. The molecular formula is C11H14BrN. The highest BCUT2D eigenvalue weighted by Crippen LogP contribution is 2.21. The molecule has 1 nitrogen and oxygen atoms in total. The number of halogens is 1. The van der Waals surface area contributed by atoms with Gasteiger partial charge in [-0.2, -0.15) is 0 Å². The first-order valence-electron chi connectivity index (χ1n) is 4.87. The summed E-state index contributed by atoms with van der Waals surface area (Å²) in [6.07, 6.45) is 4.08. The van der Waals surface area contributed by atoms with Crippen LogP contribution in [-0.2, 0) is 0 Å². The van der Waals surface area contributed by atoms with E-state index < -0.39 is 0 Å². The van der Waals surface area contributed by atoms with Crippen LogP contribution in [0.1, 0.15) is 19.3 Å². The molecule has 1 heterocycles. The largest absolute Gasteiger partial charge is 0.372 e. The Kier molecular flexibility index (Phi) is 2.89. The molecule has 0 unspecified atom stereocenters. The van der Waals surface area contributed by atoms with E-state index in [0.29, 0.717) is 0 Å². The van der Waals surface area contributed by atoms with E-state index in [1.807, 2.05) is 0 Å². The summed E-state index contributed by atoms with van der Waals surface area (Å²) in [4.78, 5) is 2.47.